The third-order valence-electron chi connectivity index (χ3n) is 5.05. The molecular formula is C22H27N3O2S. The minimum atomic E-state index is -3.62. The van der Waals surface area contributed by atoms with Crippen molar-refractivity contribution in [3.05, 3.63) is 65.2 Å². The molecular weight excluding hydrogens is 370 g/mol. The van der Waals surface area contributed by atoms with Gasteiger partial charge in [-0.3, -0.25) is 0 Å². The Kier molecular flexibility index (Phi) is 5.61. The van der Waals surface area contributed by atoms with Crippen molar-refractivity contribution >= 4 is 32.6 Å². The van der Waals surface area contributed by atoms with Gasteiger partial charge in [0.25, 0.3) is 0 Å². The zero-order valence-electron chi connectivity index (χ0n) is 16.8. The summed E-state index contributed by atoms with van der Waals surface area (Å²) >= 11 is 0. The molecule has 0 aliphatic carbocycles. The van der Waals surface area contributed by atoms with Crippen LogP contribution in [-0.2, 0) is 10.0 Å². The van der Waals surface area contributed by atoms with E-state index < -0.39 is 15.3 Å². The lowest BCUT2D eigenvalue weighted by Crippen LogP contribution is -2.23. The molecule has 2 aromatic carbocycles. The van der Waals surface area contributed by atoms with Crippen LogP contribution in [0.4, 0.5) is 5.95 Å². The summed E-state index contributed by atoms with van der Waals surface area (Å²) in [6.45, 7) is 7.58. The molecule has 148 valence electrons. The maximum atomic E-state index is 12.9. The van der Waals surface area contributed by atoms with Crippen molar-refractivity contribution < 1.29 is 8.42 Å². The first-order valence-corrected chi connectivity index (χ1v) is 11.1. The van der Waals surface area contributed by atoms with Gasteiger partial charge in [-0.2, -0.15) is 0 Å². The number of hydrogen-bond donors (Lipinski definition) is 1. The predicted molar refractivity (Wildman–Crippen MR) is 117 cm³/mol. The normalized spacial score (nSPS) is 11.9. The zero-order valence-corrected chi connectivity index (χ0v) is 17.6. The molecule has 28 heavy (non-hydrogen) atoms. The van der Waals surface area contributed by atoms with Crippen LogP contribution in [0.15, 0.2) is 54.1 Å². The standard InChI is InChI=1S/C22H27N3O2S/c1-5-16(6-2)21(17-10-8-7-9-11-17)18-12-13-19-20(14-18)25(22(23)24-19)28(26,27)15(3)4/h7-15H,5-6H2,1-4H3,(H2,23,24). The summed E-state index contributed by atoms with van der Waals surface area (Å²) in [6, 6.07) is 15.9. The van der Waals surface area contributed by atoms with E-state index in [2.05, 4.69) is 31.0 Å². The van der Waals surface area contributed by atoms with E-state index in [1.807, 2.05) is 36.4 Å². The lowest BCUT2D eigenvalue weighted by atomic mass is 9.90. The molecule has 3 aromatic rings. The van der Waals surface area contributed by atoms with Crippen molar-refractivity contribution in [3.8, 4) is 0 Å². The minimum absolute atomic E-state index is 0.00250. The molecule has 2 N–H and O–H groups in total. The fraction of sp³-hybridized carbons (Fsp3) is 0.318. The molecule has 0 amide bonds. The summed E-state index contributed by atoms with van der Waals surface area (Å²) in [5.41, 5.74) is 11.6. The van der Waals surface area contributed by atoms with Crippen molar-refractivity contribution in [3.63, 3.8) is 0 Å². The molecule has 0 saturated carbocycles. The third-order valence-corrected chi connectivity index (χ3v) is 7.13. The Morgan fingerprint density at radius 1 is 1.04 bits per heavy atom. The number of nitrogen functional groups attached to an aromatic ring is 1. The third kappa shape index (κ3) is 3.44. The van der Waals surface area contributed by atoms with Gasteiger partial charge in [-0.1, -0.05) is 55.8 Å². The first-order valence-electron chi connectivity index (χ1n) is 9.61. The van der Waals surface area contributed by atoms with E-state index in [9.17, 15) is 8.42 Å². The van der Waals surface area contributed by atoms with E-state index in [-0.39, 0.29) is 5.95 Å². The molecule has 0 unspecified atom stereocenters. The van der Waals surface area contributed by atoms with Gasteiger partial charge in [0.05, 0.1) is 16.3 Å². The summed E-state index contributed by atoms with van der Waals surface area (Å²) in [6.07, 6.45) is 1.84. The first-order chi connectivity index (χ1) is 13.3. The van der Waals surface area contributed by atoms with E-state index in [1.165, 1.54) is 9.55 Å². The monoisotopic (exact) mass is 397 g/mol. The second-order valence-electron chi connectivity index (χ2n) is 7.08. The highest BCUT2D eigenvalue weighted by Crippen LogP contribution is 2.33. The Labute approximate surface area is 167 Å². The van der Waals surface area contributed by atoms with Crippen molar-refractivity contribution in [1.82, 2.24) is 8.96 Å². The molecule has 1 heterocycles. The Hall–Kier alpha value is -2.60. The van der Waals surface area contributed by atoms with Crippen LogP contribution >= 0.6 is 0 Å². The predicted octanol–water partition coefficient (Wildman–Crippen LogP) is 4.83. The van der Waals surface area contributed by atoms with Gasteiger partial charge in [-0.05, 0) is 55.5 Å². The van der Waals surface area contributed by atoms with Gasteiger partial charge in [0.1, 0.15) is 0 Å². The Bertz CT molecular complexity index is 1120. The van der Waals surface area contributed by atoms with Gasteiger partial charge in [0, 0.05) is 0 Å². The quantitative estimate of drug-likeness (QED) is 0.646. The molecule has 0 aliphatic rings. The van der Waals surface area contributed by atoms with Gasteiger partial charge in [-0.25, -0.2) is 17.4 Å². The number of anilines is 1. The average Bonchev–Trinajstić information content (AvgIpc) is 3.02. The number of nitrogens with two attached hydrogens (primary N) is 1. The number of aromatic nitrogens is 2. The van der Waals surface area contributed by atoms with Crippen molar-refractivity contribution in [1.29, 1.82) is 0 Å². The second kappa shape index (κ2) is 7.80. The molecule has 0 saturated heterocycles. The highest BCUT2D eigenvalue weighted by molar-refractivity contribution is 7.90. The van der Waals surface area contributed by atoms with Gasteiger partial charge in [0.2, 0.25) is 16.0 Å². The summed E-state index contributed by atoms with van der Waals surface area (Å²) in [5.74, 6) is -0.00250. The molecule has 0 radical (unpaired) electrons. The molecule has 5 nitrogen and oxygen atoms in total. The van der Waals surface area contributed by atoms with Gasteiger partial charge in [0.15, 0.2) is 0 Å². The number of fused-ring (bicyclic) bond motifs is 1. The topological polar surface area (TPSA) is 78.0 Å². The minimum Gasteiger partial charge on any atom is -0.368 e. The lowest BCUT2D eigenvalue weighted by Gasteiger charge is -2.16. The number of allylic oxidation sites excluding steroid dienone is 1. The van der Waals surface area contributed by atoms with Crippen LogP contribution < -0.4 is 5.73 Å². The molecule has 0 spiro atoms. The van der Waals surface area contributed by atoms with Crippen LogP contribution in [-0.4, -0.2) is 22.6 Å². The van der Waals surface area contributed by atoms with Crippen LogP contribution in [0, 0.1) is 0 Å². The average molecular weight is 398 g/mol. The summed E-state index contributed by atoms with van der Waals surface area (Å²) in [5, 5.41) is -0.596. The highest BCUT2D eigenvalue weighted by Gasteiger charge is 2.25. The number of imidazole rings is 1. The summed E-state index contributed by atoms with van der Waals surface area (Å²) in [7, 11) is -3.62. The first kappa shape index (κ1) is 20.1. The van der Waals surface area contributed by atoms with Crippen LogP contribution in [0.3, 0.4) is 0 Å². The molecule has 0 fully saturated rings. The molecule has 6 heteroatoms. The number of benzene rings is 2. The largest absolute Gasteiger partial charge is 0.368 e. The number of nitrogens with zero attached hydrogens (tertiary/aromatic N) is 2. The Morgan fingerprint density at radius 3 is 2.25 bits per heavy atom. The van der Waals surface area contributed by atoms with Crippen LogP contribution in [0.2, 0.25) is 0 Å². The number of rotatable bonds is 6. The molecule has 0 aliphatic heterocycles. The SMILES string of the molecule is CCC(CC)=C(c1ccccc1)c1ccc2nc(N)n(S(=O)(=O)C(C)C)c2c1. The van der Waals surface area contributed by atoms with Crippen molar-refractivity contribution in [2.45, 2.75) is 45.8 Å². The maximum absolute atomic E-state index is 12.9. The fourth-order valence-electron chi connectivity index (χ4n) is 3.49. The van der Waals surface area contributed by atoms with Crippen molar-refractivity contribution in [2.24, 2.45) is 0 Å². The van der Waals surface area contributed by atoms with Gasteiger partial charge < -0.3 is 5.73 Å². The van der Waals surface area contributed by atoms with Crippen molar-refractivity contribution in [2.75, 3.05) is 5.73 Å². The smallest absolute Gasteiger partial charge is 0.244 e. The lowest BCUT2D eigenvalue weighted by molar-refractivity contribution is 0.580. The second-order valence-corrected chi connectivity index (χ2v) is 9.42. The molecule has 3 rings (SSSR count). The molecule has 0 atom stereocenters. The fourth-order valence-corrected chi connectivity index (χ4v) is 4.63. The van der Waals surface area contributed by atoms with Gasteiger partial charge >= 0.3 is 0 Å². The van der Waals surface area contributed by atoms with Crippen LogP contribution in [0.5, 0.6) is 0 Å². The zero-order chi connectivity index (χ0) is 20.5. The van der Waals surface area contributed by atoms with Gasteiger partial charge in [-0.15, -0.1) is 0 Å². The molecule has 1 aromatic heterocycles. The molecule has 0 bridgehead atoms. The number of hydrogen-bond acceptors (Lipinski definition) is 4. The van der Waals surface area contributed by atoms with E-state index in [1.54, 1.807) is 13.8 Å². The Morgan fingerprint density at radius 2 is 1.68 bits per heavy atom. The Balaban J connectivity index is 2.33. The van der Waals surface area contributed by atoms with E-state index in [0.29, 0.717) is 11.0 Å². The highest BCUT2D eigenvalue weighted by atomic mass is 32.2. The summed E-state index contributed by atoms with van der Waals surface area (Å²) < 4.78 is 26.9. The maximum Gasteiger partial charge on any atom is 0.244 e. The van der Waals surface area contributed by atoms with E-state index in [0.717, 1.165) is 29.5 Å². The summed E-state index contributed by atoms with van der Waals surface area (Å²) in [4.78, 5) is 4.27. The van der Waals surface area contributed by atoms with Crippen LogP contribution in [0.25, 0.3) is 16.6 Å². The van der Waals surface area contributed by atoms with E-state index >= 15 is 0 Å². The van der Waals surface area contributed by atoms with Crippen LogP contribution in [0.1, 0.15) is 51.7 Å². The van der Waals surface area contributed by atoms with E-state index in [4.69, 9.17) is 5.73 Å².